The summed E-state index contributed by atoms with van der Waals surface area (Å²) in [4.78, 5) is 1.91. The zero-order chi connectivity index (χ0) is 8.93. The van der Waals surface area contributed by atoms with Crippen molar-refractivity contribution in [3.05, 3.63) is 17.5 Å². The Morgan fingerprint density at radius 2 is 2.00 bits per heavy atom. The first-order valence-corrected chi connectivity index (χ1v) is 4.20. The van der Waals surface area contributed by atoms with E-state index < -0.39 is 0 Å². The van der Waals surface area contributed by atoms with E-state index in [0.29, 0.717) is 0 Å². The number of rotatable bonds is 0. The van der Waals surface area contributed by atoms with Crippen molar-refractivity contribution in [1.29, 1.82) is 0 Å². The van der Waals surface area contributed by atoms with Crippen LogP contribution in [0, 0.1) is 13.8 Å². The molecule has 0 bridgehead atoms. The lowest BCUT2D eigenvalue weighted by Gasteiger charge is -2.12. The van der Waals surface area contributed by atoms with Crippen LogP contribution < -0.4 is 4.68 Å². The van der Waals surface area contributed by atoms with Gasteiger partial charge in [0.1, 0.15) is 5.54 Å². The Bertz CT molecular complexity index is 358. The molecule has 0 fully saturated rings. The minimum Gasteiger partial charge on any atom is -0.144 e. The van der Waals surface area contributed by atoms with Gasteiger partial charge in [0, 0.05) is 18.9 Å². The molecule has 1 aromatic heterocycles. The first-order chi connectivity index (χ1) is 5.52. The molecule has 0 saturated carbocycles. The van der Waals surface area contributed by atoms with E-state index in [1.165, 1.54) is 5.69 Å². The molecule has 3 heteroatoms. The summed E-state index contributed by atoms with van der Waals surface area (Å²) in [6.07, 6.45) is 4.17. The largest absolute Gasteiger partial charge is 0.218 e. The highest BCUT2D eigenvalue weighted by Gasteiger charge is 2.35. The van der Waals surface area contributed by atoms with Crippen LogP contribution in [0.3, 0.4) is 0 Å². The van der Waals surface area contributed by atoms with Crippen molar-refractivity contribution in [2.75, 3.05) is 0 Å². The molecule has 1 aliphatic rings. The van der Waals surface area contributed by atoms with E-state index in [4.69, 9.17) is 0 Å². The monoisotopic (exact) mass is 180 g/mol. The van der Waals surface area contributed by atoms with Crippen molar-refractivity contribution >= 4 is 6.20 Å². The summed E-state index contributed by atoms with van der Waals surface area (Å²) < 4.78 is 2.20. The molecule has 0 N–H and O–H groups in total. The van der Waals surface area contributed by atoms with Crippen LogP contribution in [0.5, 0.6) is 0 Å². The van der Waals surface area contributed by atoms with Crippen LogP contribution >= 0.6 is 0 Å². The number of aryl methyl sites for hydroxylation is 1. The average molecular weight is 180 g/mol. The molecule has 2 heterocycles. The summed E-state index contributed by atoms with van der Waals surface area (Å²) in [5, 5.41) is 4.38. The Hall–Kier alpha value is -1.12. The Balaban J connectivity index is 0.000000845. The molecule has 2 rings (SSSR count). The molecule has 0 atom stereocenters. The fraction of sp³-hybridized carbons (Fsp3) is 0.600. The van der Waals surface area contributed by atoms with E-state index in [1.807, 2.05) is 17.9 Å². The molecule has 1 aromatic rings. The normalized spacial score (nSPS) is 16.9. The molecule has 3 nitrogen and oxygen atoms in total. The molecule has 1 aliphatic heterocycles. The Morgan fingerprint density at radius 3 is 2.54 bits per heavy atom. The fourth-order valence-electron chi connectivity index (χ4n) is 1.69. The highest BCUT2D eigenvalue weighted by molar-refractivity contribution is 5.23. The first kappa shape index (κ1) is 9.96. The minimum atomic E-state index is 0. The summed E-state index contributed by atoms with van der Waals surface area (Å²) in [5.74, 6) is 0. The molecular formula is C10H18N3+. The third kappa shape index (κ3) is 1.19. The topological polar surface area (TPSA) is 21.7 Å². The highest BCUT2D eigenvalue weighted by atomic mass is 15.6. The molecule has 72 valence electrons. The fourth-order valence-corrected chi connectivity index (χ4v) is 1.69. The number of allylic oxidation sites excluding steroid dienone is 1. The number of nitrogens with zero attached hydrogens (tertiary/aromatic N) is 3. The molecule has 0 radical (unpaired) electrons. The summed E-state index contributed by atoms with van der Waals surface area (Å²) in [6.45, 7) is 8.51. The van der Waals surface area contributed by atoms with Gasteiger partial charge in [-0.2, -0.15) is 0 Å². The summed E-state index contributed by atoms with van der Waals surface area (Å²) in [7, 11) is 0. The van der Waals surface area contributed by atoms with E-state index in [1.54, 1.807) is 0 Å². The molecule has 13 heavy (non-hydrogen) atoms. The van der Waals surface area contributed by atoms with Crippen molar-refractivity contribution in [2.24, 2.45) is 0 Å². The van der Waals surface area contributed by atoms with Crippen LogP contribution in [0.1, 0.15) is 32.7 Å². The lowest BCUT2D eigenvalue weighted by molar-refractivity contribution is -0.810. The van der Waals surface area contributed by atoms with Crippen LogP contribution in [0.2, 0.25) is 0 Å². The van der Waals surface area contributed by atoms with Crippen molar-refractivity contribution in [3.8, 4) is 0 Å². The third-order valence-electron chi connectivity index (χ3n) is 2.46. The molecule has 0 amide bonds. The standard InChI is InChI=1S/C9H14N3.CH4/c1-7-8(2)12-9(3,4)5-6-11(12)10-7;/h5-6H,1-4H3;1H4/q+1;. The molecule has 0 aliphatic carbocycles. The third-order valence-corrected chi connectivity index (χ3v) is 2.46. The minimum absolute atomic E-state index is 0. The molecular weight excluding hydrogens is 162 g/mol. The van der Waals surface area contributed by atoms with Gasteiger partial charge in [0.25, 0.3) is 0 Å². The maximum absolute atomic E-state index is 4.38. The Kier molecular flexibility index (Phi) is 2.06. The van der Waals surface area contributed by atoms with Gasteiger partial charge in [-0.05, 0) is 24.7 Å². The van der Waals surface area contributed by atoms with Gasteiger partial charge in [0.2, 0.25) is 5.69 Å². The van der Waals surface area contributed by atoms with Gasteiger partial charge >= 0.3 is 0 Å². The number of hydrogen-bond donors (Lipinski definition) is 0. The van der Waals surface area contributed by atoms with Gasteiger partial charge in [-0.3, -0.25) is 0 Å². The van der Waals surface area contributed by atoms with E-state index >= 15 is 0 Å². The number of aromatic nitrogens is 3. The van der Waals surface area contributed by atoms with Gasteiger partial charge in [-0.15, -0.1) is 4.68 Å². The zero-order valence-electron chi connectivity index (χ0n) is 8.00. The van der Waals surface area contributed by atoms with Gasteiger partial charge in [0.05, 0.1) is 6.20 Å². The maximum Gasteiger partial charge on any atom is 0.218 e. The second-order valence-corrected chi connectivity index (χ2v) is 3.87. The first-order valence-electron chi connectivity index (χ1n) is 4.20. The van der Waals surface area contributed by atoms with E-state index in [2.05, 4.69) is 36.6 Å². The van der Waals surface area contributed by atoms with E-state index in [-0.39, 0.29) is 13.0 Å². The summed E-state index contributed by atoms with van der Waals surface area (Å²) >= 11 is 0. The molecule has 0 unspecified atom stereocenters. The van der Waals surface area contributed by atoms with Gasteiger partial charge in [0.15, 0.2) is 5.69 Å². The summed E-state index contributed by atoms with van der Waals surface area (Å²) in [5.41, 5.74) is 2.42. The summed E-state index contributed by atoms with van der Waals surface area (Å²) in [6, 6.07) is 0. The van der Waals surface area contributed by atoms with Gasteiger partial charge in [-0.25, -0.2) is 0 Å². The number of fused-ring (bicyclic) bond motifs is 1. The van der Waals surface area contributed by atoms with Crippen molar-refractivity contribution in [3.63, 3.8) is 0 Å². The van der Waals surface area contributed by atoms with Crippen LogP contribution in [-0.2, 0) is 5.54 Å². The van der Waals surface area contributed by atoms with Crippen LogP contribution in [-0.4, -0.2) is 9.90 Å². The second kappa shape index (κ2) is 2.69. The lowest BCUT2D eigenvalue weighted by atomic mass is 10.1. The van der Waals surface area contributed by atoms with Crippen LogP contribution in [0.15, 0.2) is 6.08 Å². The SMILES string of the molecule is C.Cc1nn2[n+](c1C)C(C)(C)C=C2. The van der Waals surface area contributed by atoms with E-state index in [0.717, 1.165) is 5.69 Å². The number of hydrogen-bond acceptors (Lipinski definition) is 1. The molecule has 0 spiro atoms. The highest BCUT2D eigenvalue weighted by Crippen LogP contribution is 2.16. The van der Waals surface area contributed by atoms with Crippen LogP contribution in [0.4, 0.5) is 0 Å². The zero-order valence-corrected chi connectivity index (χ0v) is 8.00. The quantitative estimate of drug-likeness (QED) is 0.556. The van der Waals surface area contributed by atoms with Gasteiger partial charge < -0.3 is 0 Å². The Morgan fingerprint density at radius 1 is 1.38 bits per heavy atom. The lowest BCUT2D eigenvalue weighted by Crippen LogP contribution is -2.54. The predicted molar refractivity (Wildman–Crippen MR) is 53.3 cm³/mol. The predicted octanol–water partition coefficient (Wildman–Crippen LogP) is 1.64. The molecule has 0 aromatic carbocycles. The Labute approximate surface area is 79.7 Å². The smallest absolute Gasteiger partial charge is 0.144 e. The van der Waals surface area contributed by atoms with Gasteiger partial charge in [-0.1, -0.05) is 7.43 Å². The van der Waals surface area contributed by atoms with Crippen LogP contribution in [0.25, 0.3) is 6.20 Å². The van der Waals surface area contributed by atoms with Crippen molar-refractivity contribution in [1.82, 2.24) is 9.90 Å². The average Bonchev–Trinajstić information content (AvgIpc) is 2.39. The van der Waals surface area contributed by atoms with Crippen molar-refractivity contribution in [2.45, 2.75) is 40.7 Å². The van der Waals surface area contributed by atoms with Crippen molar-refractivity contribution < 1.29 is 4.68 Å². The second-order valence-electron chi connectivity index (χ2n) is 3.87. The van der Waals surface area contributed by atoms with E-state index in [9.17, 15) is 0 Å². The maximum atomic E-state index is 4.38. The molecule has 0 saturated heterocycles.